The third-order valence-electron chi connectivity index (χ3n) is 2.39. The summed E-state index contributed by atoms with van der Waals surface area (Å²) in [6.45, 7) is -0.492. The number of amides is 1. The lowest BCUT2D eigenvalue weighted by atomic mass is 9.98. The lowest BCUT2D eigenvalue weighted by Gasteiger charge is -2.16. The summed E-state index contributed by atoms with van der Waals surface area (Å²) in [5, 5.41) is 2.19. The van der Waals surface area contributed by atoms with Gasteiger partial charge < -0.3 is 11.1 Å². The molecule has 1 unspecified atom stereocenters. The third kappa shape index (κ3) is 5.25. The zero-order valence-corrected chi connectivity index (χ0v) is 10.7. The molecule has 7 heteroatoms. The van der Waals surface area contributed by atoms with E-state index in [0.29, 0.717) is 5.56 Å². The van der Waals surface area contributed by atoms with Crippen LogP contribution in [0.5, 0.6) is 0 Å². The van der Waals surface area contributed by atoms with Gasteiger partial charge in [-0.15, -0.1) is 0 Å². The zero-order chi connectivity index (χ0) is 14.5. The first-order valence-corrected chi connectivity index (χ1v) is 5.91. The molecule has 1 aromatic carbocycles. The van der Waals surface area contributed by atoms with Crippen molar-refractivity contribution in [2.24, 2.45) is 5.73 Å². The molecule has 0 heterocycles. The van der Waals surface area contributed by atoms with Crippen LogP contribution in [0, 0.1) is 0 Å². The molecule has 0 aliphatic carbocycles. The number of alkyl halides is 3. The fraction of sp³-hybridized carbons (Fsp3) is 0.333. The minimum absolute atomic E-state index is 0.0734. The average Bonchev–Trinajstić information content (AvgIpc) is 2.28. The molecule has 0 aliphatic rings. The van der Waals surface area contributed by atoms with E-state index in [1.54, 1.807) is 30.3 Å². The highest BCUT2D eigenvalue weighted by molar-refractivity contribution is 7.80. The Labute approximate surface area is 114 Å². The number of hydrogen-bond acceptors (Lipinski definition) is 2. The van der Waals surface area contributed by atoms with Crippen molar-refractivity contribution in [2.45, 2.75) is 18.5 Å². The highest BCUT2D eigenvalue weighted by atomic mass is 32.1. The first kappa shape index (κ1) is 15.4. The standard InChI is InChI=1S/C12H13F3N2OS/c13-12(14,15)6-7-17-11(18)9(10(16)19)8-4-2-1-3-5-8/h1-5,9H,6-7H2,(H2,16,19)(H,17,18). The molecule has 1 amide bonds. The van der Waals surface area contributed by atoms with E-state index in [2.05, 4.69) is 5.32 Å². The number of carbonyl (C=O) groups is 1. The average molecular weight is 290 g/mol. The van der Waals surface area contributed by atoms with Crippen LogP contribution in [0.4, 0.5) is 13.2 Å². The Morgan fingerprint density at radius 2 is 1.89 bits per heavy atom. The van der Waals surface area contributed by atoms with Crippen molar-refractivity contribution in [3.05, 3.63) is 35.9 Å². The second-order valence-electron chi connectivity index (χ2n) is 3.90. The molecule has 3 N–H and O–H groups in total. The van der Waals surface area contributed by atoms with Crippen LogP contribution in [-0.2, 0) is 4.79 Å². The molecule has 0 saturated heterocycles. The predicted molar refractivity (Wildman–Crippen MR) is 69.7 cm³/mol. The first-order chi connectivity index (χ1) is 8.81. The maximum absolute atomic E-state index is 12.0. The van der Waals surface area contributed by atoms with Crippen molar-refractivity contribution < 1.29 is 18.0 Å². The van der Waals surface area contributed by atoms with Crippen LogP contribution in [0.3, 0.4) is 0 Å². The van der Waals surface area contributed by atoms with Crippen molar-refractivity contribution >= 4 is 23.1 Å². The van der Waals surface area contributed by atoms with Crippen LogP contribution in [0.1, 0.15) is 17.9 Å². The summed E-state index contributed by atoms with van der Waals surface area (Å²) in [5.41, 5.74) is 6.03. The van der Waals surface area contributed by atoms with Gasteiger partial charge in [0, 0.05) is 6.54 Å². The number of thiocarbonyl (C=S) groups is 1. The van der Waals surface area contributed by atoms with Crippen LogP contribution in [-0.4, -0.2) is 23.6 Å². The normalized spacial score (nSPS) is 12.8. The Morgan fingerprint density at radius 3 is 2.37 bits per heavy atom. The number of halogens is 3. The topological polar surface area (TPSA) is 55.1 Å². The minimum Gasteiger partial charge on any atom is -0.392 e. The molecular formula is C12H13F3N2OS. The number of carbonyl (C=O) groups excluding carboxylic acids is 1. The van der Waals surface area contributed by atoms with E-state index in [9.17, 15) is 18.0 Å². The Balaban J connectivity index is 2.68. The molecule has 0 aliphatic heterocycles. The Hall–Kier alpha value is -1.63. The van der Waals surface area contributed by atoms with Crippen LogP contribution < -0.4 is 11.1 Å². The maximum Gasteiger partial charge on any atom is 0.390 e. The van der Waals surface area contributed by atoms with Crippen molar-refractivity contribution in [1.29, 1.82) is 0 Å². The molecule has 0 bridgehead atoms. The van der Waals surface area contributed by atoms with Crippen LogP contribution in [0.25, 0.3) is 0 Å². The quantitative estimate of drug-likeness (QED) is 0.817. The summed E-state index contributed by atoms with van der Waals surface area (Å²) < 4.78 is 36.0. The van der Waals surface area contributed by atoms with Crippen molar-refractivity contribution in [2.75, 3.05) is 6.54 Å². The van der Waals surface area contributed by atoms with Crippen LogP contribution in [0.2, 0.25) is 0 Å². The monoisotopic (exact) mass is 290 g/mol. The first-order valence-electron chi connectivity index (χ1n) is 5.50. The second kappa shape index (κ2) is 6.51. The van der Waals surface area contributed by atoms with E-state index in [1.807, 2.05) is 0 Å². The maximum atomic E-state index is 12.0. The van der Waals surface area contributed by atoms with Gasteiger partial charge in [-0.3, -0.25) is 4.79 Å². The second-order valence-corrected chi connectivity index (χ2v) is 4.37. The van der Waals surface area contributed by atoms with Gasteiger partial charge in [0.05, 0.1) is 11.4 Å². The number of nitrogens with two attached hydrogens (primary N) is 1. The molecule has 104 valence electrons. The fourth-order valence-corrected chi connectivity index (χ4v) is 1.76. The lowest BCUT2D eigenvalue weighted by molar-refractivity contribution is -0.135. The van der Waals surface area contributed by atoms with Crippen LogP contribution >= 0.6 is 12.2 Å². The van der Waals surface area contributed by atoms with Gasteiger partial charge in [-0.05, 0) is 5.56 Å². The highest BCUT2D eigenvalue weighted by Gasteiger charge is 2.28. The molecule has 1 rings (SSSR count). The van der Waals surface area contributed by atoms with Crippen molar-refractivity contribution in [3.63, 3.8) is 0 Å². The number of benzene rings is 1. The Morgan fingerprint density at radius 1 is 1.32 bits per heavy atom. The summed E-state index contributed by atoms with van der Waals surface area (Å²) in [6, 6.07) is 8.44. The lowest BCUT2D eigenvalue weighted by Crippen LogP contribution is -2.37. The van der Waals surface area contributed by atoms with Gasteiger partial charge >= 0.3 is 6.18 Å². The van der Waals surface area contributed by atoms with Crippen molar-refractivity contribution in [3.8, 4) is 0 Å². The third-order valence-corrected chi connectivity index (χ3v) is 2.62. The summed E-state index contributed by atoms with van der Waals surface area (Å²) in [7, 11) is 0. The van der Waals surface area contributed by atoms with Crippen molar-refractivity contribution in [1.82, 2.24) is 5.32 Å². The van der Waals surface area contributed by atoms with Gasteiger partial charge in [0.1, 0.15) is 5.92 Å². The summed E-state index contributed by atoms with van der Waals surface area (Å²) in [5.74, 6) is -1.53. The SMILES string of the molecule is NC(=S)C(C(=O)NCCC(F)(F)F)c1ccccc1. The van der Waals surface area contributed by atoms with Gasteiger partial charge in [-0.25, -0.2) is 0 Å². The van der Waals surface area contributed by atoms with E-state index in [1.165, 1.54) is 0 Å². The molecule has 0 spiro atoms. The minimum atomic E-state index is -4.31. The van der Waals surface area contributed by atoms with Crippen LogP contribution in [0.15, 0.2) is 30.3 Å². The van der Waals surface area contributed by atoms with E-state index < -0.39 is 31.0 Å². The molecule has 0 aromatic heterocycles. The molecule has 1 atom stereocenters. The summed E-state index contributed by atoms with van der Waals surface area (Å²) in [4.78, 5) is 11.8. The zero-order valence-electron chi connectivity index (χ0n) is 9.91. The van der Waals surface area contributed by atoms with Gasteiger partial charge in [-0.2, -0.15) is 13.2 Å². The number of nitrogens with one attached hydrogen (secondary N) is 1. The number of hydrogen-bond donors (Lipinski definition) is 2. The summed E-state index contributed by atoms with van der Waals surface area (Å²) >= 11 is 4.79. The molecule has 0 saturated carbocycles. The fourth-order valence-electron chi connectivity index (χ4n) is 1.52. The molecule has 1 aromatic rings. The summed E-state index contributed by atoms with van der Waals surface area (Å²) in [6.07, 6.45) is -5.39. The predicted octanol–water partition coefficient (Wildman–Crippen LogP) is 2.12. The van der Waals surface area contributed by atoms with E-state index in [-0.39, 0.29) is 4.99 Å². The van der Waals surface area contributed by atoms with Gasteiger partial charge in [0.25, 0.3) is 0 Å². The van der Waals surface area contributed by atoms with Gasteiger partial charge in [-0.1, -0.05) is 42.5 Å². The smallest absolute Gasteiger partial charge is 0.390 e. The Kier molecular flexibility index (Phi) is 5.29. The Bertz CT molecular complexity index is 448. The van der Waals surface area contributed by atoms with Gasteiger partial charge in [0.2, 0.25) is 5.91 Å². The van der Waals surface area contributed by atoms with E-state index >= 15 is 0 Å². The van der Waals surface area contributed by atoms with E-state index in [0.717, 1.165) is 0 Å². The highest BCUT2D eigenvalue weighted by Crippen LogP contribution is 2.19. The molecular weight excluding hydrogens is 277 g/mol. The van der Waals surface area contributed by atoms with E-state index in [4.69, 9.17) is 18.0 Å². The molecule has 3 nitrogen and oxygen atoms in total. The molecule has 0 fully saturated rings. The largest absolute Gasteiger partial charge is 0.392 e. The molecule has 19 heavy (non-hydrogen) atoms. The number of rotatable bonds is 5. The van der Waals surface area contributed by atoms with Gasteiger partial charge in [0.15, 0.2) is 0 Å². The molecule has 0 radical (unpaired) electrons.